The summed E-state index contributed by atoms with van der Waals surface area (Å²) < 4.78 is 2.01. The Kier molecular flexibility index (Phi) is 6.01. The SMILES string of the molecule is CN(Cc1ccc2nccnc2c1)Cc1c(C(=O)N(C)Cc2ccccc2)nc2ccccn12. The minimum absolute atomic E-state index is 0.0862. The van der Waals surface area contributed by atoms with Crippen LogP contribution in [-0.2, 0) is 19.6 Å². The fraction of sp³-hybridized carbons (Fsp3) is 0.185. The van der Waals surface area contributed by atoms with Gasteiger partial charge >= 0.3 is 0 Å². The topological polar surface area (TPSA) is 66.6 Å². The van der Waals surface area contributed by atoms with Crippen LogP contribution in [0.5, 0.6) is 0 Å². The van der Waals surface area contributed by atoms with Crippen LogP contribution >= 0.6 is 0 Å². The Morgan fingerprint density at radius 2 is 1.59 bits per heavy atom. The molecule has 0 fully saturated rings. The zero-order valence-electron chi connectivity index (χ0n) is 19.3. The highest BCUT2D eigenvalue weighted by Crippen LogP contribution is 2.19. The number of carbonyl (C=O) groups excluding carboxylic acids is 1. The molecule has 2 aromatic carbocycles. The summed E-state index contributed by atoms with van der Waals surface area (Å²) in [5, 5.41) is 0. The van der Waals surface area contributed by atoms with Crippen molar-refractivity contribution >= 4 is 22.6 Å². The molecule has 1 amide bonds. The van der Waals surface area contributed by atoms with E-state index >= 15 is 0 Å². The summed E-state index contributed by atoms with van der Waals surface area (Å²) in [5.41, 5.74) is 6.11. The summed E-state index contributed by atoms with van der Waals surface area (Å²) in [4.78, 5) is 30.8. The molecule has 0 N–H and O–H groups in total. The largest absolute Gasteiger partial charge is 0.336 e. The maximum atomic E-state index is 13.4. The van der Waals surface area contributed by atoms with Gasteiger partial charge in [0, 0.05) is 45.3 Å². The molecule has 0 aliphatic carbocycles. The highest BCUT2D eigenvalue weighted by molar-refractivity contribution is 5.94. The van der Waals surface area contributed by atoms with Gasteiger partial charge in [-0.3, -0.25) is 19.7 Å². The van der Waals surface area contributed by atoms with Gasteiger partial charge in [-0.05, 0) is 42.4 Å². The number of rotatable bonds is 7. The number of hydrogen-bond donors (Lipinski definition) is 0. The second kappa shape index (κ2) is 9.41. The Balaban J connectivity index is 1.40. The van der Waals surface area contributed by atoms with Crippen LogP contribution in [0.1, 0.15) is 27.3 Å². The van der Waals surface area contributed by atoms with Crippen molar-refractivity contribution in [2.75, 3.05) is 14.1 Å². The van der Waals surface area contributed by atoms with Gasteiger partial charge in [0.05, 0.1) is 16.7 Å². The van der Waals surface area contributed by atoms with E-state index in [1.807, 2.05) is 79.3 Å². The molecule has 0 saturated carbocycles. The lowest BCUT2D eigenvalue weighted by Crippen LogP contribution is -2.28. The number of hydrogen-bond acceptors (Lipinski definition) is 5. The lowest BCUT2D eigenvalue weighted by molar-refractivity contribution is 0.0777. The quantitative estimate of drug-likeness (QED) is 0.372. The number of nitrogens with zero attached hydrogens (tertiary/aromatic N) is 6. The van der Waals surface area contributed by atoms with Gasteiger partial charge in [0.2, 0.25) is 0 Å². The van der Waals surface area contributed by atoms with Crippen LogP contribution in [0.2, 0.25) is 0 Å². The fourth-order valence-electron chi connectivity index (χ4n) is 4.21. The van der Waals surface area contributed by atoms with E-state index in [0.29, 0.717) is 25.3 Å². The molecule has 0 saturated heterocycles. The van der Waals surface area contributed by atoms with Crippen LogP contribution < -0.4 is 0 Å². The molecule has 0 unspecified atom stereocenters. The van der Waals surface area contributed by atoms with E-state index < -0.39 is 0 Å². The summed E-state index contributed by atoms with van der Waals surface area (Å²) in [5.74, 6) is -0.0862. The molecule has 0 bridgehead atoms. The van der Waals surface area contributed by atoms with Crippen LogP contribution in [0.15, 0.2) is 85.3 Å². The highest BCUT2D eigenvalue weighted by Gasteiger charge is 2.23. The van der Waals surface area contributed by atoms with Crippen molar-refractivity contribution in [1.29, 1.82) is 0 Å². The van der Waals surface area contributed by atoms with Crippen molar-refractivity contribution < 1.29 is 4.79 Å². The Bertz CT molecular complexity index is 1450. The molecule has 5 rings (SSSR count). The predicted octanol–water partition coefficient (Wildman–Crippen LogP) is 4.18. The smallest absolute Gasteiger partial charge is 0.274 e. The first-order valence-electron chi connectivity index (χ1n) is 11.2. The van der Waals surface area contributed by atoms with E-state index in [0.717, 1.165) is 33.5 Å². The third kappa shape index (κ3) is 4.51. The zero-order valence-corrected chi connectivity index (χ0v) is 19.3. The van der Waals surface area contributed by atoms with Gasteiger partial charge in [0.15, 0.2) is 5.69 Å². The van der Waals surface area contributed by atoms with Gasteiger partial charge < -0.3 is 9.30 Å². The molecule has 170 valence electrons. The summed E-state index contributed by atoms with van der Waals surface area (Å²) in [7, 11) is 3.87. The van der Waals surface area contributed by atoms with Crippen molar-refractivity contribution in [3.8, 4) is 0 Å². The maximum absolute atomic E-state index is 13.4. The molecular weight excluding hydrogens is 424 g/mol. The Labute approximate surface area is 198 Å². The molecule has 7 heteroatoms. The van der Waals surface area contributed by atoms with Crippen LogP contribution in [0.4, 0.5) is 0 Å². The Morgan fingerprint density at radius 1 is 0.824 bits per heavy atom. The molecule has 7 nitrogen and oxygen atoms in total. The van der Waals surface area contributed by atoms with Crippen LogP contribution in [-0.4, -0.2) is 49.2 Å². The van der Waals surface area contributed by atoms with Gasteiger partial charge in [-0.2, -0.15) is 0 Å². The van der Waals surface area contributed by atoms with Crippen molar-refractivity contribution in [3.63, 3.8) is 0 Å². The molecule has 0 aliphatic heterocycles. The first-order valence-corrected chi connectivity index (χ1v) is 11.2. The van der Waals surface area contributed by atoms with Gasteiger partial charge in [-0.15, -0.1) is 0 Å². The minimum atomic E-state index is -0.0862. The molecule has 0 aliphatic rings. The maximum Gasteiger partial charge on any atom is 0.274 e. The number of carbonyl (C=O) groups is 1. The minimum Gasteiger partial charge on any atom is -0.336 e. The average Bonchev–Trinajstić information content (AvgIpc) is 3.22. The van der Waals surface area contributed by atoms with E-state index in [2.05, 4.69) is 27.0 Å². The van der Waals surface area contributed by atoms with Gasteiger partial charge in [-0.25, -0.2) is 4.98 Å². The van der Waals surface area contributed by atoms with E-state index in [4.69, 9.17) is 4.98 Å². The predicted molar refractivity (Wildman–Crippen MR) is 132 cm³/mol. The van der Waals surface area contributed by atoms with Crippen molar-refractivity contribution in [3.05, 3.63) is 108 Å². The lowest BCUT2D eigenvalue weighted by atomic mass is 10.1. The summed E-state index contributed by atoms with van der Waals surface area (Å²) in [6, 6.07) is 21.9. The summed E-state index contributed by atoms with van der Waals surface area (Å²) in [6.45, 7) is 1.81. The van der Waals surface area contributed by atoms with Crippen molar-refractivity contribution in [1.82, 2.24) is 29.2 Å². The first kappa shape index (κ1) is 21.7. The third-order valence-corrected chi connectivity index (χ3v) is 5.85. The summed E-state index contributed by atoms with van der Waals surface area (Å²) >= 11 is 0. The van der Waals surface area contributed by atoms with Gasteiger partial charge in [-0.1, -0.05) is 42.5 Å². The number of pyridine rings is 1. The number of amides is 1. The van der Waals surface area contributed by atoms with Crippen molar-refractivity contribution in [2.45, 2.75) is 19.6 Å². The van der Waals surface area contributed by atoms with Gasteiger partial charge in [0.1, 0.15) is 5.65 Å². The normalized spacial score (nSPS) is 11.4. The van der Waals surface area contributed by atoms with E-state index in [1.165, 1.54) is 0 Å². The number of imidazole rings is 1. The first-order chi connectivity index (χ1) is 16.6. The van der Waals surface area contributed by atoms with Gasteiger partial charge in [0.25, 0.3) is 5.91 Å². The highest BCUT2D eigenvalue weighted by atomic mass is 16.2. The van der Waals surface area contributed by atoms with E-state index in [-0.39, 0.29) is 5.91 Å². The molecule has 0 radical (unpaired) electrons. The second-order valence-corrected chi connectivity index (χ2v) is 8.53. The molecule has 5 aromatic rings. The monoisotopic (exact) mass is 450 g/mol. The number of aromatic nitrogens is 4. The van der Waals surface area contributed by atoms with Crippen LogP contribution in [0, 0.1) is 0 Å². The summed E-state index contributed by atoms with van der Waals surface area (Å²) in [6.07, 6.45) is 5.37. The van der Waals surface area contributed by atoms with Crippen LogP contribution in [0.25, 0.3) is 16.7 Å². The van der Waals surface area contributed by atoms with E-state index in [1.54, 1.807) is 17.3 Å². The molecule has 3 aromatic heterocycles. The zero-order chi connectivity index (χ0) is 23.5. The third-order valence-electron chi connectivity index (χ3n) is 5.85. The molecular formula is C27H26N6O. The number of benzene rings is 2. The van der Waals surface area contributed by atoms with Crippen molar-refractivity contribution in [2.24, 2.45) is 0 Å². The lowest BCUT2D eigenvalue weighted by Gasteiger charge is -2.20. The molecule has 34 heavy (non-hydrogen) atoms. The van der Waals surface area contributed by atoms with Crippen LogP contribution in [0.3, 0.4) is 0 Å². The molecule has 0 spiro atoms. The van der Waals surface area contributed by atoms with E-state index in [9.17, 15) is 4.79 Å². The average molecular weight is 451 g/mol. The molecule has 3 heterocycles. The number of fused-ring (bicyclic) bond motifs is 2. The second-order valence-electron chi connectivity index (χ2n) is 8.53. The Hall–Kier alpha value is -4.10. The Morgan fingerprint density at radius 3 is 2.41 bits per heavy atom. The standard InChI is InChI=1S/C27H26N6O/c1-31(17-21-11-12-22-23(16-21)29-14-13-28-22)19-24-26(30-25-10-6-7-15-33(24)25)27(34)32(2)18-20-8-4-3-5-9-20/h3-16H,17-19H2,1-2H3. The molecule has 0 atom stereocenters. The fourth-order valence-corrected chi connectivity index (χ4v) is 4.21.